The summed E-state index contributed by atoms with van der Waals surface area (Å²) in [6.45, 7) is 6.79. The lowest BCUT2D eigenvalue weighted by molar-refractivity contribution is -0.150. The summed E-state index contributed by atoms with van der Waals surface area (Å²) in [6, 6.07) is 0. The molecule has 1 saturated carbocycles. The highest BCUT2D eigenvalue weighted by molar-refractivity contribution is 5.75. The second kappa shape index (κ2) is 5.02. The van der Waals surface area contributed by atoms with E-state index in [1.165, 1.54) is 7.11 Å². The van der Waals surface area contributed by atoms with Crippen molar-refractivity contribution >= 4 is 12.1 Å². The first-order chi connectivity index (χ1) is 8.81. The fourth-order valence-electron chi connectivity index (χ4n) is 3.22. The first kappa shape index (κ1) is 14.2. The standard InChI is InChI=1S/C14H23NO4/c1-14(2,3)19-13(17)15-7-9-5-6-10(8-15)11(9)12(16)18-4/h9-11H,5-8H2,1-4H3/t9-,10+,11?. The molecular formula is C14H23NO4. The van der Waals surface area contributed by atoms with Gasteiger partial charge in [0.2, 0.25) is 0 Å². The molecule has 1 aliphatic carbocycles. The zero-order chi connectivity index (χ0) is 14.2. The summed E-state index contributed by atoms with van der Waals surface area (Å²) in [5, 5.41) is 0. The Bertz CT molecular complexity index is 360. The summed E-state index contributed by atoms with van der Waals surface area (Å²) in [7, 11) is 1.43. The number of methoxy groups -OCH3 is 1. The van der Waals surface area contributed by atoms with Gasteiger partial charge in [0.1, 0.15) is 5.60 Å². The van der Waals surface area contributed by atoms with E-state index in [1.54, 1.807) is 4.90 Å². The van der Waals surface area contributed by atoms with E-state index >= 15 is 0 Å². The topological polar surface area (TPSA) is 55.8 Å². The van der Waals surface area contributed by atoms with Crippen LogP contribution in [0.4, 0.5) is 4.79 Å². The number of fused-ring (bicyclic) bond motifs is 2. The van der Waals surface area contributed by atoms with Crippen LogP contribution in [0, 0.1) is 17.8 Å². The fourth-order valence-corrected chi connectivity index (χ4v) is 3.22. The number of piperidine rings is 1. The normalized spacial score (nSPS) is 30.1. The maximum Gasteiger partial charge on any atom is 0.410 e. The SMILES string of the molecule is COC(=O)C1[C@@H]2CC[C@H]1CN(C(=O)OC(C)(C)C)C2. The number of carbonyl (C=O) groups excluding carboxylic acids is 2. The van der Waals surface area contributed by atoms with E-state index in [0.717, 1.165) is 12.8 Å². The molecular weight excluding hydrogens is 246 g/mol. The van der Waals surface area contributed by atoms with Crippen LogP contribution in [-0.4, -0.2) is 42.8 Å². The van der Waals surface area contributed by atoms with Crippen LogP contribution >= 0.6 is 0 Å². The van der Waals surface area contributed by atoms with Gasteiger partial charge in [-0.3, -0.25) is 4.79 Å². The van der Waals surface area contributed by atoms with Crippen molar-refractivity contribution in [1.82, 2.24) is 4.90 Å². The van der Waals surface area contributed by atoms with Crippen molar-refractivity contribution in [2.24, 2.45) is 17.8 Å². The predicted molar refractivity (Wildman–Crippen MR) is 69.5 cm³/mol. The largest absolute Gasteiger partial charge is 0.469 e. The van der Waals surface area contributed by atoms with E-state index < -0.39 is 5.60 Å². The van der Waals surface area contributed by atoms with Gasteiger partial charge in [0.25, 0.3) is 0 Å². The number of nitrogens with zero attached hydrogens (tertiary/aromatic N) is 1. The summed E-state index contributed by atoms with van der Waals surface area (Å²) in [4.78, 5) is 25.6. The van der Waals surface area contributed by atoms with E-state index in [1.807, 2.05) is 20.8 Å². The van der Waals surface area contributed by atoms with Gasteiger partial charge in [-0.05, 0) is 45.4 Å². The molecule has 1 heterocycles. The summed E-state index contributed by atoms with van der Waals surface area (Å²) in [6.07, 6.45) is 1.71. The van der Waals surface area contributed by atoms with Gasteiger partial charge in [0.05, 0.1) is 13.0 Å². The maximum absolute atomic E-state index is 12.1. The zero-order valence-electron chi connectivity index (χ0n) is 12.1. The number of amides is 1. The van der Waals surface area contributed by atoms with Gasteiger partial charge in [-0.25, -0.2) is 4.79 Å². The quantitative estimate of drug-likeness (QED) is 0.684. The van der Waals surface area contributed by atoms with Crippen LogP contribution in [0.15, 0.2) is 0 Å². The van der Waals surface area contributed by atoms with Gasteiger partial charge in [-0.2, -0.15) is 0 Å². The highest BCUT2D eigenvalue weighted by atomic mass is 16.6. The molecule has 2 bridgehead atoms. The summed E-state index contributed by atoms with van der Waals surface area (Å²) >= 11 is 0. The van der Waals surface area contributed by atoms with Crippen molar-refractivity contribution in [3.05, 3.63) is 0 Å². The molecule has 2 aliphatic rings. The van der Waals surface area contributed by atoms with E-state index in [9.17, 15) is 9.59 Å². The molecule has 1 amide bonds. The van der Waals surface area contributed by atoms with Crippen LogP contribution in [0.25, 0.3) is 0 Å². The molecule has 19 heavy (non-hydrogen) atoms. The average Bonchev–Trinajstić information content (AvgIpc) is 2.56. The number of hydrogen-bond acceptors (Lipinski definition) is 4. The minimum atomic E-state index is -0.477. The third kappa shape index (κ3) is 3.01. The van der Waals surface area contributed by atoms with Crippen LogP contribution in [0.1, 0.15) is 33.6 Å². The highest BCUT2D eigenvalue weighted by Crippen LogP contribution is 2.42. The summed E-state index contributed by atoms with van der Waals surface area (Å²) < 4.78 is 10.3. The van der Waals surface area contributed by atoms with Gasteiger partial charge in [-0.1, -0.05) is 0 Å². The Balaban J connectivity index is 2.00. The van der Waals surface area contributed by atoms with Crippen molar-refractivity contribution < 1.29 is 19.1 Å². The third-order valence-electron chi connectivity index (χ3n) is 3.96. The zero-order valence-corrected chi connectivity index (χ0v) is 12.1. The maximum atomic E-state index is 12.1. The Morgan fingerprint density at radius 2 is 1.63 bits per heavy atom. The molecule has 0 spiro atoms. The molecule has 5 nitrogen and oxygen atoms in total. The molecule has 3 atom stereocenters. The summed E-state index contributed by atoms with van der Waals surface area (Å²) in [5.41, 5.74) is -0.477. The van der Waals surface area contributed by atoms with Gasteiger partial charge < -0.3 is 14.4 Å². The molecule has 0 N–H and O–H groups in total. The van der Waals surface area contributed by atoms with Crippen molar-refractivity contribution in [1.29, 1.82) is 0 Å². The monoisotopic (exact) mass is 269 g/mol. The molecule has 0 aromatic heterocycles. The Kier molecular flexibility index (Phi) is 3.74. The fraction of sp³-hybridized carbons (Fsp3) is 0.857. The van der Waals surface area contributed by atoms with Gasteiger partial charge in [-0.15, -0.1) is 0 Å². The van der Waals surface area contributed by atoms with Crippen molar-refractivity contribution in [2.75, 3.05) is 20.2 Å². The number of rotatable bonds is 1. The van der Waals surface area contributed by atoms with Crippen molar-refractivity contribution in [2.45, 2.75) is 39.2 Å². The van der Waals surface area contributed by atoms with Gasteiger partial charge in [0, 0.05) is 13.1 Å². The number of ether oxygens (including phenoxy) is 2. The lowest BCUT2D eigenvalue weighted by atomic mass is 9.85. The van der Waals surface area contributed by atoms with E-state index in [2.05, 4.69) is 0 Å². The lowest BCUT2D eigenvalue weighted by Crippen LogP contribution is -2.48. The van der Waals surface area contributed by atoms with E-state index in [-0.39, 0.29) is 29.8 Å². The molecule has 2 rings (SSSR count). The van der Waals surface area contributed by atoms with Crippen LogP contribution in [-0.2, 0) is 14.3 Å². The molecule has 2 fully saturated rings. The number of likely N-dealkylation sites (tertiary alicyclic amines) is 1. The first-order valence-electron chi connectivity index (χ1n) is 6.87. The Labute approximate surface area is 114 Å². The van der Waals surface area contributed by atoms with E-state index in [4.69, 9.17) is 9.47 Å². The van der Waals surface area contributed by atoms with E-state index in [0.29, 0.717) is 13.1 Å². The van der Waals surface area contributed by atoms with Crippen molar-refractivity contribution in [3.63, 3.8) is 0 Å². The molecule has 0 radical (unpaired) electrons. The Morgan fingerprint density at radius 1 is 1.11 bits per heavy atom. The molecule has 1 aliphatic heterocycles. The second-order valence-electron chi connectivity index (χ2n) is 6.53. The minimum absolute atomic E-state index is 0.0383. The Morgan fingerprint density at radius 3 is 2.05 bits per heavy atom. The molecule has 0 aromatic rings. The molecule has 108 valence electrons. The number of hydrogen-bond donors (Lipinski definition) is 0. The van der Waals surface area contributed by atoms with Gasteiger partial charge >= 0.3 is 12.1 Å². The number of carbonyl (C=O) groups is 2. The lowest BCUT2D eigenvalue weighted by Gasteiger charge is -2.37. The van der Waals surface area contributed by atoms with Crippen LogP contribution in [0.5, 0.6) is 0 Å². The average molecular weight is 269 g/mol. The smallest absolute Gasteiger partial charge is 0.410 e. The molecule has 5 heteroatoms. The Hall–Kier alpha value is -1.26. The highest BCUT2D eigenvalue weighted by Gasteiger charge is 2.48. The second-order valence-corrected chi connectivity index (χ2v) is 6.53. The van der Waals surface area contributed by atoms with Crippen LogP contribution in [0.2, 0.25) is 0 Å². The molecule has 1 saturated heterocycles. The number of esters is 1. The third-order valence-corrected chi connectivity index (χ3v) is 3.96. The molecule has 1 unspecified atom stereocenters. The minimum Gasteiger partial charge on any atom is -0.469 e. The van der Waals surface area contributed by atoms with Crippen LogP contribution < -0.4 is 0 Å². The van der Waals surface area contributed by atoms with Crippen LogP contribution in [0.3, 0.4) is 0 Å². The summed E-state index contributed by atoms with van der Waals surface area (Å²) in [5.74, 6) is 0.275. The van der Waals surface area contributed by atoms with Gasteiger partial charge in [0.15, 0.2) is 0 Å². The first-order valence-corrected chi connectivity index (χ1v) is 6.87. The van der Waals surface area contributed by atoms with Crippen molar-refractivity contribution in [3.8, 4) is 0 Å². The molecule has 0 aromatic carbocycles. The predicted octanol–water partition coefficient (Wildman–Crippen LogP) is 2.05.